The van der Waals surface area contributed by atoms with Gasteiger partial charge in [-0.05, 0) is 12.1 Å². The second-order valence-corrected chi connectivity index (χ2v) is 3.42. The van der Waals surface area contributed by atoms with E-state index in [2.05, 4.69) is 16.0 Å². The Hall–Kier alpha value is -1.55. The minimum Gasteiger partial charge on any atom is -0.376 e. The predicted octanol–water partition coefficient (Wildman–Crippen LogP) is 0.859. The summed E-state index contributed by atoms with van der Waals surface area (Å²) in [6.07, 6.45) is 3.84. The Bertz CT molecular complexity index is 444. The van der Waals surface area contributed by atoms with Gasteiger partial charge in [-0.3, -0.25) is 0 Å². The Balaban J connectivity index is 2.70. The molecule has 0 atom stereocenters. The summed E-state index contributed by atoms with van der Waals surface area (Å²) >= 11 is 0. The van der Waals surface area contributed by atoms with Crippen LogP contribution in [0.25, 0.3) is 5.52 Å². The summed E-state index contributed by atoms with van der Waals surface area (Å²) in [5, 5.41) is 0. The van der Waals surface area contributed by atoms with E-state index >= 15 is 0 Å². The smallest absolute Gasteiger partial charge is 0.127 e. The van der Waals surface area contributed by atoms with Gasteiger partial charge in [-0.15, -0.1) is 0 Å². The summed E-state index contributed by atoms with van der Waals surface area (Å²) in [5.74, 6) is 0.892. The molecule has 0 spiro atoms. The summed E-state index contributed by atoms with van der Waals surface area (Å²) in [5.41, 5.74) is 7.84. The van der Waals surface area contributed by atoms with Crippen molar-refractivity contribution in [3.63, 3.8) is 0 Å². The van der Waals surface area contributed by atoms with Gasteiger partial charge in [0, 0.05) is 20.3 Å². The summed E-state index contributed by atoms with van der Waals surface area (Å²) < 4.78 is 2.02. The van der Waals surface area contributed by atoms with Crippen molar-refractivity contribution >= 4 is 11.2 Å². The van der Waals surface area contributed by atoms with E-state index in [0.717, 1.165) is 17.0 Å². The molecule has 2 N–H and O–H groups in total. The van der Waals surface area contributed by atoms with Gasteiger partial charge < -0.3 is 15.0 Å². The number of hydrogen-bond acceptors (Lipinski definition) is 3. The molecule has 2 rings (SSSR count). The van der Waals surface area contributed by atoms with E-state index in [1.807, 2.05) is 37.0 Å². The third-order valence-corrected chi connectivity index (χ3v) is 2.29. The first-order valence-electron chi connectivity index (χ1n) is 4.56. The molecule has 0 aliphatic rings. The number of pyridine rings is 1. The number of nitrogens with zero attached hydrogens (tertiary/aromatic N) is 3. The van der Waals surface area contributed by atoms with E-state index in [1.165, 1.54) is 0 Å². The number of hydrogen-bond donors (Lipinski definition) is 1. The predicted molar refractivity (Wildman–Crippen MR) is 57.4 cm³/mol. The maximum Gasteiger partial charge on any atom is 0.127 e. The fraction of sp³-hybridized carbons (Fsp3) is 0.300. The summed E-state index contributed by atoms with van der Waals surface area (Å²) in [6.45, 7) is 0.463. The van der Waals surface area contributed by atoms with E-state index in [-0.39, 0.29) is 0 Å². The number of nitrogens with two attached hydrogens (primary N) is 1. The van der Waals surface area contributed by atoms with Crippen molar-refractivity contribution in [1.82, 2.24) is 9.38 Å². The van der Waals surface area contributed by atoms with Gasteiger partial charge >= 0.3 is 0 Å². The van der Waals surface area contributed by atoms with Crippen LogP contribution < -0.4 is 10.6 Å². The first-order chi connectivity index (χ1) is 6.74. The molecule has 0 aliphatic heterocycles. The second-order valence-electron chi connectivity index (χ2n) is 3.42. The van der Waals surface area contributed by atoms with Crippen molar-refractivity contribution in [2.45, 2.75) is 6.54 Å². The molecular formula is C10H14N4. The number of imidazole rings is 1. The number of aromatic nitrogens is 2. The SMILES string of the molecule is CN(C)c1cccn2c(CN)ncc12. The molecule has 14 heavy (non-hydrogen) atoms. The van der Waals surface area contributed by atoms with E-state index in [0.29, 0.717) is 6.54 Å². The van der Waals surface area contributed by atoms with Crippen molar-refractivity contribution in [2.75, 3.05) is 19.0 Å². The van der Waals surface area contributed by atoms with Crippen LogP contribution in [0.1, 0.15) is 5.82 Å². The minimum absolute atomic E-state index is 0.463. The first-order valence-corrected chi connectivity index (χ1v) is 4.56. The van der Waals surface area contributed by atoms with Crippen LogP contribution in [0.15, 0.2) is 24.5 Å². The monoisotopic (exact) mass is 190 g/mol. The lowest BCUT2D eigenvalue weighted by atomic mass is 10.3. The Morgan fingerprint density at radius 3 is 2.93 bits per heavy atom. The molecule has 0 fully saturated rings. The summed E-state index contributed by atoms with van der Waals surface area (Å²) in [4.78, 5) is 6.33. The Labute approximate surface area is 83.0 Å². The zero-order valence-electron chi connectivity index (χ0n) is 8.44. The maximum absolute atomic E-state index is 5.59. The molecule has 2 aromatic heterocycles. The third-order valence-electron chi connectivity index (χ3n) is 2.29. The van der Waals surface area contributed by atoms with Crippen molar-refractivity contribution < 1.29 is 0 Å². The van der Waals surface area contributed by atoms with E-state index in [1.54, 1.807) is 0 Å². The standard InChI is InChI=1S/C10H14N4/c1-13(2)8-4-3-5-14-9(8)7-12-10(14)6-11/h3-5,7H,6,11H2,1-2H3. The van der Waals surface area contributed by atoms with Crippen LogP contribution in [0.2, 0.25) is 0 Å². The van der Waals surface area contributed by atoms with Crippen LogP contribution in [0.4, 0.5) is 5.69 Å². The molecule has 2 heterocycles. The molecule has 4 heteroatoms. The number of fused-ring (bicyclic) bond motifs is 1. The molecule has 0 aromatic carbocycles. The molecular weight excluding hydrogens is 176 g/mol. The summed E-state index contributed by atoms with van der Waals surface area (Å²) in [6, 6.07) is 4.07. The molecule has 0 radical (unpaired) electrons. The highest BCUT2D eigenvalue weighted by Crippen LogP contribution is 2.19. The Morgan fingerprint density at radius 2 is 2.29 bits per heavy atom. The van der Waals surface area contributed by atoms with Crippen LogP contribution in [0.5, 0.6) is 0 Å². The van der Waals surface area contributed by atoms with Gasteiger partial charge in [0.15, 0.2) is 0 Å². The van der Waals surface area contributed by atoms with Gasteiger partial charge in [0.2, 0.25) is 0 Å². The Morgan fingerprint density at radius 1 is 1.50 bits per heavy atom. The van der Waals surface area contributed by atoms with E-state index in [9.17, 15) is 0 Å². The molecule has 0 saturated carbocycles. The van der Waals surface area contributed by atoms with Crippen LogP contribution in [0, 0.1) is 0 Å². The molecule has 0 amide bonds. The number of anilines is 1. The topological polar surface area (TPSA) is 46.6 Å². The van der Waals surface area contributed by atoms with Crippen LogP contribution >= 0.6 is 0 Å². The largest absolute Gasteiger partial charge is 0.376 e. The van der Waals surface area contributed by atoms with Gasteiger partial charge in [0.05, 0.1) is 23.9 Å². The number of rotatable bonds is 2. The molecule has 2 aromatic rings. The average Bonchev–Trinajstić information content (AvgIpc) is 2.59. The Kier molecular flexibility index (Phi) is 2.13. The average molecular weight is 190 g/mol. The van der Waals surface area contributed by atoms with Crippen molar-refractivity contribution in [2.24, 2.45) is 5.73 Å². The van der Waals surface area contributed by atoms with Crippen molar-refractivity contribution in [3.8, 4) is 0 Å². The van der Waals surface area contributed by atoms with E-state index < -0.39 is 0 Å². The molecule has 0 bridgehead atoms. The highest BCUT2D eigenvalue weighted by atomic mass is 15.1. The highest BCUT2D eigenvalue weighted by Gasteiger charge is 2.06. The molecule has 0 unspecified atom stereocenters. The molecule has 0 aliphatic carbocycles. The fourth-order valence-electron chi connectivity index (χ4n) is 1.59. The van der Waals surface area contributed by atoms with Gasteiger partial charge in [-0.1, -0.05) is 0 Å². The molecule has 74 valence electrons. The lowest BCUT2D eigenvalue weighted by Gasteiger charge is -2.13. The summed E-state index contributed by atoms with van der Waals surface area (Å²) in [7, 11) is 4.04. The minimum atomic E-state index is 0.463. The van der Waals surface area contributed by atoms with Crippen molar-refractivity contribution in [3.05, 3.63) is 30.4 Å². The fourth-order valence-corrected chi connectivity index (χ4v) is 1.59. The first kappa shape index (κ1) is 9.02. The molecule has 0 saturated heterocycles. The van der Waals surface area contributed by atoms with Crippen LogP contribution in [0.3, 0.4) is 0 Å². The van der Waals surface area contributed by atoms with Gasteiger partial charge in [0.25, 0.3) is 0 Å². The third kappa shape index (κ3) is 1.24. The van der Waals surface area contributed by atoms with Crippen LogP contribution in [-0.2, 0) is 6.54 Å². The van der Waals surface area contributed by atoms with Gasteiger partial charge in [-0.25, -0.2) is 4.98 Å². The second kappa shape index (κ2) is 3.31. The van der Waals surface area contributed by atoms with Crippen molar-refractivity contribution in [1.29, 1.82) is 0 Å². The quantitative estimate of drug-likeness (QED) is 0.764. The normalized spacial score (nSPS) is 10.8. The lowest BCUT2D eigenvalue weighted by Crippen LogP contribution is -2.10. The van der Waals surface area contributed by atoms with Crippen LogP contribution in [-0.4, -0.2) is 23.5 Å². The lowest BCUT2D eigenvalue weighted by molar-refractivity contribution is 0.902. The van der Waals surface area contributed by atoms with Gasteiger partial charge in [0.1, 0.15) is 5.82 Å². The zero-order valence-corrected chi connectivity index (χ0v) is 8.44. The molecule has 4 nitrogen and oxygen atoms in total. The zero-order chi connectivity index (χ0) is 10.1. The van der Waals surface area contributed by atoms with Gasteiger partial charge in [-0.2, -0.15) is 0 Å². The highest BCUT2D eigenvalue weighted by molar-refractivity contribution is 5.72. The maximum atomic E-state index is 5.59. The van der Waals surface area contributed by atoms with E-state index in [4.69, 9.17) is 5.73 Å².